The van der Waals surface area contributed by atoms with Gasteiger partial charge in [-0.2, -0.15) is 0 Å². The van der Waals surface area contributed by atoms with Crippen LogP contribution in [0.4, 0.5) is 0 Å². The lowest BCUT2D eigenvalue weighted by molar-refractivity contribution is 0.347. The molecule has 0 aliphatic heterocycles. The largest absolute Gasteiger partial charge is 0.434 e. The molecular weight excluding hydrogens is 176 g/mol. The molecule has 1 heterocycles. The molecule has 2 rings (SSSR count). The van der Waals surface area contributed by atoms with E-state index < -0.39 is 0 Å². The van der Waals surface area contributed by atoms with Gasteiger partial charge < -0.3 is 9.15 Å². The van der Waals surface area contributed by atoms with Crippen LogP contribution >= 0.6 is 0 Å². The Kier molecular flexibility index (Phi) is 2.67. The quantitative estimate of drug-likeness (QED) is 0.686. The van der Waals surface area contributed by atoms with E-state index >= 15 is 0 Å². The Bertz CT molecular complexity index is 388. The molecule has 0 aliphatic carbocycles. The molecule has 0 radical (unpaired) electrons. The predicted molar refractivity (Wildman–Crippen MR) is 54.8 cm³/mol. The SMILES string of the molecule is C(=Cc1ccccc1)Oc1ccco1. The van der Waals surface area contributed by atoms with Gasteiger partial charge in [0, 0.05) is 6.07 Å². The van der Waals surface area contributed by atoms with Crippen molar-refractivity contribution in [3.05, 3.63) is 60.6 Å². The summed E-state index contributed by atoms with van der Waals surface area (Å²) in [4.78, 5) is 0. The first-order valence-electron chi connectivity index (χ1n) is 4.37. The van der Waals surface area contributed by atoms with Crippen LogP contribution in [0.15, 0.2) is 59.4 Å². The number of rotatable bonds is 3. The highest BCUT2D eigenvalue weighted by Crippen LogP contribution is 2.10. The van der Waals surface area contributed by atoms with E-state index in [-0.39, 0.29) is 0 Å². The lowest BCUT2D eigenvalue weighted by Crippen LogP contribution is -1.77. The molecular formula is C12H10O2. The van der Waals surface area contributed by atoms with Crippen molar-refractivity contribution in [2.75, 3.05) is 0 Å². The van der Waals surface area contributed by atoms with Gasteiger partial charge in [0.05, 0.1) is 12.5 Å². The Morgan fingerprint density at radius 2 is 1.86 bits per heavy atom. The zero-order valence-electron chi connectivity index (χ0n) is 7.59. The van der Waals surface area contributed by atoms with Crippen molar-refractivity contribution in [2.24, 2.45) is 0 Å². The van der Waals surface area contributed by atoms with Gasteiger partial charge in [0.2, 0.25) is 0 Å². The molecule has 0 saturated heterocycles. The molecule has 0 saturated carbocycles. The first-order valence-corrected chi connectivity index (χ1v) is 4.37. The second-order valence-electron chi connectivity index (χ2n) is 2.76. The standard InChI is InChI=1S/C12H10O2/c1-2-5-11(6-3-1)8-10-14-12-7-4-9-13-12/h1-10H. The Morgan fingerprint density at radius 3 is 2.57 bits per heavy atom. The molecule has 0 spiro atoms. The van der Waals surface area contributed by atoms with E-state index in [4.69, 9.17) is 9.15 Å². The maximum atomic E-state index is 5.20. The molecule has 0 aliphatic rings. The first kappa shape index (κ1) is 8.63. The molecule has 70 valence electrons. The maximum absolute atomic E-state index is 5.20. The number of ether oxygens (including phenoxy) is 1. The summed E-state index contributed by atoms with van der Waals surface area (Å²) < 4.78 is 10.2. The van der Waals surface area contributed by atoms with Gasteiger partial charge in [-0.3, -0.25) is 0 Å². The van der Waals surface area contributed by atoms with Gasteiger partial charge in [0.25, 0.3) is 5.95 Å². The molecule has 2 nitrogen and oxygen atoms in total. The molecule has 0 N–H and O–H groups in total. The molecule has 14 heavy (non-hydrogen) atoms. The van der Waals surface area contributed by atoms with E-state index in [2.05, 4.69) is 0 Å². The van der Waals surface area contributed by atoms with Gasteiger partial charge in [-0.05, 0) is 17.7 Å². The van der Waals surface area contributed by atoms with Gasteiger partial charge in [0.1, 0.15) is 0 Å². The van der Waals surface area contributed by atoms with Crippen LogP contribution in [0.25, 0.3) is 6.08 Å². The lowest BCUT2D eigenvalue weighted by Gasteiger charge is -1.93. The van der Waals surface area contributed by atoms with Crippen LogP contribution in [-0.2, 0) is 0 Å². The van der Waals surface area contributed by atoms with Crippen molar-refractivity contribution in [1.82, 2.24) is 0 Å². The molecule has 1 aromatic heterocycles. The monoisotopic (exact) mass is 186 g/mol. The maximum Gasteiger partial charge on any atom is 0.289 e. The minimum absolute atomic E-state index is 0.497. The summed E-state index contributed by atoms with van der Waals surface area (Å²) in [7, 11) is 0. The number of hydrogen-bond acceptors (Lipinski definition) is 2. The fraction of sp³-hybridized carbons (Fsp3) is 0. The zero-order chi connectivity index (χ0) is 9.64. The van der Waals surface area contributed by atoms with Crippen molar-refractivity contribution < 1.29 is 9.15 Å². The number of benzene rings is 1. The van der Waals surface area contributed by atoms with E-state index in [1.54, 1.807) is 24.7 Å². The van der Waals surface area contributed by atoms with E-state index in [0.717, 1.165) is 5.56 Å². The van der Waals surface area contributed by atoms with E-state index in [0.29, 0.717) is 5.95 Å². The van der Waals surface area contributed by atoms with Gasteiger partial charge in [-0.15, -0.1) is 0 Å². The summed E-state index contributed by atoms with van der Waals surface area (Å²) in [5, 5.41) is 0. The Balaban J connectivity index is 1.96. The summed E-state index contributed by atoms with van der Waals surface area (Å²) in [5.41, 5.74) is 1.10. The molecule has 0 bridgehead atoms. The molecule has 1 aromatic carbocycles. The van der Waals surface area contributed by atoms with Crippen LogP contribution < -0.4 is 4.74 Å². The first-order chi connectivity index (χ1) is 6.95. The van der Waals surface area contributed by atoms with Crippen LogP contribution in [0.2, 0.25) is 0 Å². The second kappa shape index (κ2) is 4.33. The summed E-state index contributed by atoms with van der Waals surface area (Å²) >= 11 is 0. The third kappa shape index (κ3) is 2.26. The normalized spacial score (nSPS) is 10.6. The molecule has 2 heteroatoms. The number of furan rings is 1. The third-order valence-electron chi connectivity index (χ3n) is 1.74. The van der Waals surface area contributed by atoms with Crippen molar-refractivity contribution in [2.45, 2.75) is 0 Å². The molecule has 0 unspecified atom stereocenters. The van der Waals surface area contributed by atoms with Crippen LogP contribution in [0.1, 0.15) is 5.56 Å². The molecule has 0 fully saturated rings. The summed E-state index contributed by atoms with van der Waals surface area (Å²) in [6.07, 6.45) is 5.06. The second-order valence-corrected chi connectivity index (χ2v) is 2.76. The van der Waals surface area contributed by atoms with E-state index in [1.165, 1.54) is 0 Å². The van der Waals surface area contributed by atoms with E-state index in [1.807, 2.05) is 36.4 Å². The third-order valence-corrected chi connectivity index (χ3v) is 1.74. The smallest absolute Gasteiger partial charge is 0.289 e. The van der Waals surface area contributed by atoms with Gasteiger partial charge >= 0.3 is 0 Å². The zero-order valence-corrected chi connectivity index (χ0v) is 7.59. The minimum Gasteiger partial charge on any atom is -0.434 e. The van der Waals surface area contributed by atoms with Gasteiger partial charge in [0.15, 0.2) is 0 Å². The minimum atomic E-state index is 0.497. The van der Waals surface area contributed by atoms with Crippen LogP contribution in [0.3, 0.4) is 0 Å². The average molecular weight is 186 g/mol. The van der Waals surface area contributed by atoms with Crippen LogP contribution in [0.5, 0.6) is 5.95 Å². The Labute approximate surface area is 82.4 Å². The number of hydrogen-bond donors (Lipinski definition) is 0. The van der Waals surface area contributed by atoms with Crippen LogP contribution in [-0.4, -0.2) is 0 Å². The Hall–Kier alpha value is -1.96. The predicted octanol–water partition coefficient (Wildman–Crippen LogP) is 3.33. The van der Waals surface area contributed by atoms with Crippen molar-refractivity contribution in [3.63, 3.8) is 0 Å². The summed E-state index contributed by atoms with van der Waals surface area (Å²) in [6, 6.07) is 13.5. The van der Waals surface area contributed by atoms with Gasteiger partial charge in [-0.1, -0.05) is 30.3 Å². The highest BCUT2D eigenvalue weighted by atomic mass is 16.6. The highest BCUT2D eigenvalue weighted by molar-refractivity contribution is 5.47. The van der Waals surface area contributed by atoms with Crippen molar-refractivity contribution >= 4 is 6.08 Å². The molecule has 2 aromatic rings. The molecule has 0 atom stereocenters. The topological polar surface area (TPSA) is 22.4 Å². The molecule has 0 amide bonds. The van der Waals surface area contributed by atoms with Crippen molar-refractivity contribution in [3.8, 4) is 5.95 Å². The summed E-state index contributed by atoms with van der Waals surface area (Å²) in [5.74, 6) is 0.497. The highest BCUT2D eigenvalue weighted by Gasteiger charge is 1.90. The van der Waals surface area contributed by atoms with Gasteiger partial charge in [-0.25, -0.2) is 0 Å². The van der Waals surface area contributed by atoms with Crippen LogP contribution in [0, 0.1) is 0 Å². The van der Waals surface area contributed by atoms with Crippen molar-refractivity contribution in [1.29, 1.82) is 0 Å². The Morgan fingerprint density at radius 1 is 1.00 bits per heavy atom. The fourth-order valence-electron chi connectivity index (χ4n) is 1.07. The van der Waals surface area contributed by atoms with E-state index in [9.17, 15) is 0 Å². The average Bonchev–Trinajstić information content (AvgIpc) is 2.72. The fourth-order valence-corrected chi connectivity index (χ4v) is 1.07. The lowest BCUT2D eigenvalue weighted by atomic mass is 10.2. The summed E-state index contributed by atoms with van der Waals surface area (Å²) in [6.45, 7) is 0.